The SMILES string of the molecule is CCCOc1cc(F)ccc1NC(=O)C(C)C(C)N.Cl. The van der Waals surface area contributed by atoms with E-state index in [2.05, 4.69) is 5.32 Å². The summed E-state index contributed by atoms with van der Waals surface area (Å²) in [5, 5.41) is 2.72. The molecule has 1 aromatic rings. The Hall–Kier alpha value is -1.33. The van der Waals surface area contributed by atoms with Crippen molar-refractivity contribution < 1.29 is 13.9 Å². The molecule has 1 aromatic carbocycles. The topological polar surface area (TPSA) is 64.3 Å². The second-order valence-electron chi connectivity index (χ2n) is 4.63. The van der Waals surface area contributed by atoms with Crippen LogP contribution in [0.2, 0.25) is 0 Å². The van der Waals surface area contributed by atoms with Crippen molar-refractivity contribution in [3.8, 4) is 5.75 Å². The second-order valence-corrected chi connectivity index (χ2v) is 4.63. The normalized spacial score (nSPS) is 13.1. The van der Waals surface area contributed by atoms with Crippen LogP contribution in [0.5, 0.6) is 5.75 Å². The smallest absolute Gasteiger partial charge is 0.228 e. The van der Waals surface area contributed by atoms with Crippen molar-refractivity contribution in [2.24, 2.45) is 11.7 Å². The van der Waals surface area contributed by atoms with Crippen LogP contribution in [0.25, 0.3) is 0 Å². The van der Waals surface area contributed by atoms with Crippen LogP contribution in [0, 0.1) is 11.7 Å². The van der Waals surface area contributed by atoms with E-state index < -0.39 is 5.82 Å². The maximum absolute atomic E-state index is 13.2. The maximum atomic E-state index is 13.2. The maximum Gasteiger partial charge on any atom is 0.228 e. The molecule has 0 saturated heterocycles. The molecule has 4 nitrogen and oxygen atoms in total. The lowest BCUT2D eigenvalue weighted by Gasteiger charge is -2.17. The minimum atomic E-state index is -0.399. The van der Waals surface area contributed by atoms with Crippen molar-refractivity contribution in [1.82, 2.24) is 0 Å². The Morgan fingerprint density at radius 3 is 2.65 bits per heavy atom. The lowest BCUT2D eigenvalue weighted by atomic mass is 10.0. The summed E-state index contributed by atoms with van der Waals surface area (Å²) >= 11 is 0. The fraction of sp³-hybridized carbons (Fsp3) is 0.500. The first-order valence-corrected chi connectivity index (χ1v) is 6.44. The molecule has 1 rings (SSSR count). The van der Waals surface area contributed by atoms with Crippen LogP contribution < -0.4 is 15.8 Å². The molecule has 0 aliphatic carbocycles. The molecule has 0 spiro atoms. The van der Waals surface area contributed by atoms with E-state index in [1.807, 2.05) is 6.92 Å². The molecule has 0 saturated carbocycles. The summed E-state index contributed by atoms with van der Waals surface area (Å²) in [6, 6.07) is 3.79. The first-order valence-electron chi connectivity index (χ1n) is 6.44. The van der Waals surface area contributed by atoms with Gasteiger partial charge in [-0.15, -0.1) is 12.4 Å². The largest absolute Gasteiger partial charge is 0.491 e. The lowest BCUT2D eigenvalue weighted by molar-refractivity contribution is -0.119. The third-order valence-corrected chi connectivity index (χ3v) is 2.87. The van der Waals surface area contributed by atoms with Gasteiger partial charge in [-0.05, 0) is 25.5 Å². The molecule has 0 fully saturated rings. The molecule has 20 heavy (non-hydrogen) atoms. The van der Waals surface area contributed by atoms with Gasteiger partial charge in [0.15, 0.2) is 0 Å². The van der Waals surface area contributed by atoms with E-state index in [4.69, 9.17) is 10.5 Å². The number of rotatable bonds is 6. The van der Waals surface area contributed by atoms with Crippen LogP contribution >= 0.6 is 12.4 Å². The highest BCUT2D eigenvalue weighted by Crippen LogP contribution is 2.26. The summed E-state index contributed by atoms with van der Waals surface area (Å²) in [7, 11) is 0. The van der Waals surface area contributed by atoms with Gasteiger partial charge in [0.25, 0.3) is 0 Å². The third-order valence-electron chi connectivity index (χ3n) is 2.87. The van der Waals surface area contributed by atoms with Gasteiger partial charge in [0.05, 0.1) is 18.2 Å². The summed E-state index contributed by atoms with van der Waals surface area (Å²) in [5.41, 5.74) is 6.15. The van der Waals surface area contributed by atoms with Gasteiger partial charge in [-0.1, -0.05) is 13.8 Å². The quantitative estimate of drug-likeness (QED) is 0.849. The summed E-state index contributed by atoms with van der Waals surface area (Å²) in [4.78, 5) is 11.9. The van der Waals surface area contributed by atoms with Crippen molar-refractivity contribution in [1.29, 1.82) is 0 Å². The molecule has 2 atom stereocenters. The Morgan fingerprint density at radius 1 is 1.45 bits per heavy atom. The van der Waals surface area contributed by atoms with Crippen molar-refractivity contribution >= 4 is 24.0 Å². The third kappa shape index (κ3) is 5.35. The predicted molar refractivity (Wildman–Crippen MR) is 80.9 cm³/mol. The average Bonchev–Trinajstić information content (AvgIpc) is 2.37. The average molecular weight is 305 g/mol. The number of amides is 1. The summed E-state index contributed by atoms with van der Waals surface area (Å²) in [6.45, 7) is 5.93. The molecule has 3 N–H and O–H groups in total. The minimum Gasteiger partial charge on any atom is -0.491 e. The van der Waals surface area contributed by atoms with Crippen molar-refractivity contribution in [2.45, 2.75) is 33.2 Å². The predicted octanol–water partition coefficient (Wildman–Crippen LogP) is 2.96. The molecule has 0 aromatic heterocycles. The van der Waals surface area contributed by atoms with E-state index in [9.17, 15) is 9.18 Å². The van der Waals surface area contributed by atoms with Crippen molar-refractivity contribution in [3.05, 3.63) is 24.0 Å². The van der Waals surface area contributed by atoms with Crippen molar-refractivity contribution in [3.63, 3.8) is 0 Å². The van der Waals surface area contributed by atoms with Crippen molar-refractivity contribution in [2.75, 3.05) is 11.9 Å². The Labute approximate surface area is 125 Å². The molecule has 2 unspecified atom stereocenters. The Kier molecular flexibility index (Phi) is 8.18. The minimum absolute atomic E-state index is 0. The molecule has 0 radical (unpaired) electrons. The molecule has 0 aliphatic rings. The number of nitrogens with one attached hydrogen (secondary N) is 1. The molecular weight excluding hydrogens is 283 g/mol. The summed E-state index contributed by atoms with van der Waals surface area (Å²) in [6.07, 6.45) is 0.806. The molecule has 0 bridgehead atoms. The van der Waals surface area contributed by atoms with E-state index in [1.54, 1.807) is 13.8 Å². The first-order chi connectivity index (χ1) is 8.95. The number of anilines is 1. The van der Waals surface area contributed by atoms with Gasteiger partial charge in [0, 0.05) is 12.1 Å². The number of nitrogens with two attached hydrogens (primary N) is 1. The summed E-state index contributed by atoms with van der Waals surface area (Å²) < 4.78 is 18.6. The zero-order valence-corrected chi connectivity index (χ0v) is 12.8. The molecule has 1 amide bonds. The van der Waals surface area contributed by atoms with Crippen LogP contribution in [-0.2, 0) is 4.79 Å². The van der Waals surface area contributed by atoms with Gasteiger partial charge in [-0.3, -0.25) is 4.79 Å². The van der Waals surface area contributed by atoms with E-state index >= 15 is 0 Å². The number of carbonyl (C=O) groups excluding carboxylic acids is 1. The van der Waals surface area contributed by atoms with Gasteiger partial charge in [-0.25, -0.2) is 4.39 Å². The Morgan fingerprint density at radius 2 is 2.10 bits per heavy atom. The van der Waals surface area contributed by atoms with E-state index in [0.29, 0.717) is 18.0 Å². The highest BCUT2D eigenvalue weighted by Gasteiger charge is 2.18. The van der Waals surface area contributed by atoms with E-state index in [0.717, 1.165) is 6.42 Å². The molecule has 6 heteroatoms. The number of ether oxygens (including phenoxy) is 1. The van der Waals surface area contributed by atoms with Gasteiger partial charge >= 0.3 is 0 Å². The van der Waals surface area contributed by atoms with Gasteiger partial charge in [-0.2, -0.15) is 0 Å². The molecule has 0 heterocycles. The fourth-order valence-corrected chi connectivity index (χ4v) is 1.42. The summed E-state index contributed by atoms with van der Waals surface area (Å²) in [5.74, 6) is -0.594. The lowest BCUT2D eigenvalue weighted by Crippen LogP contribution is -2.34. The first kappa shape index (κ1) is 18.7. The zero-order valence-electron chi connectivity index (χ0n) is 12.0. The monoisotopic (exact) mass is 304 g/mol. The zero-order chi connectivity index (χ0) is 14.4. The Balaban J connectivity index is 0.00000361. The molecular formula is C14H22ClFN2O2. The highest BCUT2D eigenvalue weighted by atomic mass is 35.5. The van der Waals surface area contributed by atoms with Gasteiger partial charge in [0.1, 0.15) is 11.6 Å². The second kappa shape index (κ2) is 8.76. The molecule has 0 aliphatic heterocycles. The number of carbonyl (C=O) groups is 1. The van der Waals surface area contributed by atoms with Crippen LogP contribution in [0.1, 0.15) is 27.2 Å². The highest BCUT2D eigenvalue weighted by molar-refractivity contribution is 5.94. The number of hydrogen-bond acceptors (Lipinski definition) is 3. The fourth-order valence-electron chi connectivity index (χ4n) is 1.42. The van der Waals surface area contributed by atoms with Crippen LogP contribution in [-0.4, -0.2) is 18.6 Å². The van der Waals surface area contributed by atoms with Crippen LogP contribution in [0.15, 0.2) is 18.2 Å². The Bertz CT molecular complexity index is 441. The van der Waals surface area contributed by atoms with E-state index in [1.165, 1.54) is 18.2 Å². The number of benzene rings is 1. The van der Waals surface area contributed by atoms with Gasteiger partial charge < -0.3 is 15.8 Å². The standard InChI is InChI=1S/C14H21FN2O2.ClH/c1-4-7-19-13-8-11(15)5-6-12(13)17-14(18)9(2)10(3)16;/h5-6,8-10H,4,7,16H2,1-3H3,(H,17,18);1H. The van der Waals surface area contributed by atoms with Crippen LogP contribution in [0.4, 0.5) is 10.1 Å². The molecule has 114 valence electrons. The van der Waals surface area contributed by atoms with Gasteiger partial charge in [0.2, 0.25) is 5.91 Å². The van der Waals surface area contributed by atoms with E-state index in [-0.39, 0.29) is 30.3 Å². The number of halogens is 2. The van der Waals surface area contributed by atoms with Crippen LogP contribution in [0.3, 0.4) is 0 Å². The number of hydrogen-bond donors (Lipinski definition) is 2.